The highest BCUT2D eigenvalue weighted by Crippen LogP contribution is 2.32. The van der Waals surface area contributed by atoms with Crippen LogP contribution in [0.1, 0.15) is 69.7 Å². The van der Waals surface area contributed by atoms with E-state index in [1.165, 1.54) is 74.4 Å². The maximum Gasteiger partial charge on any atom is 0.348 e. The molecular formula is C48H62N4O8. The van der Waals surface area contributed by atoms with E-state index in [4.69, 9.17) is 0 Å². The standard InChI is InChI=1S/C20H18O8.2C14H22N2/c1-11-3-7-13(8-4-11)15(21)19(27,17(23)24)20(28,18(25)26)16(22)14-9-5-12(2)6-10-14;2*1-12-8-9-16(11-14(12)15-2)10-13-6-4-3-5-7-13/h3-10,27-28H,1-2H3,(H,23,24)(H,25,26);2*3-7,12,14-15H,8-11H2,1-2H3/t;2*12-,14+/m.11/s1. The molecule has 0 spiro atoms. The smallest absolute Gasteiger partial charge is 0.348 e. The van der Waals surface area contributed by atoms with Gasteiger partial charge in [0.2, 0.25) is 11.6 Å². The number of rotatable bonds is 13. The average Bonchev–Trinajstić information content (AvgIpc) is 3.25. The van der Waals surface area contributed by atoms with E-state index in [-0.39, 0.29) is 11.1 Å². The Balaban J connectivity index is 0.000000212. The van der Waals surface area contributed by atoms with Crippen LogP contribution in [0.15, 0.2) is 109 Å². The van der Waals surface area contributed by atoms with Gasteiger partial charge in [-0.1, -0.05) is 134 Å². The molecule has 2 fully saturated rings. The summed E-state index contributed by atoms with van der Waals surface area (Å²) in [5.74, 6) is -6.41. The number of aliphatic hydroxyl groups is 2. The van der Waals surface area contributed by atoms with Crippen molar-refractivity contribution in [3.8, 4) is 0 Å². The van der Waals surface area contributed by atoms with Crippen LogP contribution in [0.2, 0.25) is 0 Å². The lowest BCUT2D eigenvalue weighted by Gasteiger charge is -2.37. The van der Waals surface area contributed by atoms with Crippen LogP contribution in [-0.4, -0.2) is 117 Å². The molecule has 2 aliphatic heterocycles. The molecule has 2 aliphatic rings. The normalized spacial score (nSPS) is 21.4. The predicted octanol–water partition coefficient (Wildman–Crippen LogP) is 5.23. The van der Waals surface area contributed by atoms with Gasteiger partial charge in [0, 0.05) is 49.4 Å². The molecule has 12 heteroatoms. The number of carboxylic acids is 2. The van der Waals surface area contributed by atoms with E-state index in [0.717, 1.165) is 49.2 Å². The zero-order valence-electron chi connectivity index (χ0n) is 35.7. The van der Waals surface area contributed by atoms with Gasteiger partial charge in [0.15, 0.2) is 0 Å². The summed E-state index contributed by atoms with van der Waals surface area (Å²) in [5.41, 5.74) is -4.43. The molecule has 0 aromatic heterocycles. The number of nitrogens with one attached hydrogen (secondary N) is 2. The van der Waals surface area contributed by atoms with Crippen molar-refractivity contribution in [2.75, 3.05) is 40.3 Å². The van der Waals surface area contributed by atoms with Crippen molar-refractivity contribution < 1.29 is 39.6 Å². The Labute approximate surface area is 354 Å². The Morgan fingerprint density at radius 1 is 0.567 bits per heavy atom. The lowest BCUT2D eigenvalue weighted by molar-refractivity contribution is -0.187. The number of aryl methyl sites for hydroxylation is 2. The molecule has 6 N–H and O–H groups in total. The average molecular weight is 823 g/mol. The molecule has 322 valence electrons. The molecule has 4 aromatic rings. The SMILES string of the molecule is CN[C@H]1CN(Cc2ccccc2)CC[C@H]1C.CN[C@H]1CN(Cc2ccccc2)CC[C@H]1C.Cc1ccc(C(=O)C(O)(C(=O)O)C(O)(C(=O)O)C(=O)c2ccc(C)cc2)cc1. The lowest BCUT2D eigenvalue weighted by atomic mass is 9.73. The van der Waals surface area contributed by atoms with Gasteiger partial charge < -0.3 is 31.1 Å². The second-order valence-corrected chi connectivity index (χ2v) is 16.2. The van der Waals surface area contributed by atoms with Crippen LogP contribution in [0, 0.1) is 25.7 Å². The molecule has 0 radical (unpaired) electrons. The lowest BCUT2D eigenvalue weighted by Crippen LogP contribution is -2.71. The molecular weight excluding hydrogens is 761 g/mol. The number of piperidine rings is 2. The summed E-state index contributed by atoms with van der Waals surface area (Å²) in [6.45, 7) is 15.1. The number of carboxylic acid groups (broad SMARTS) is 2. The molecule has 60 heavy (non-hydrogen) atoms. The van der Waals surface area contributed by atoms with Crippen LogP contribution in [0.5, 0.6) is 0 Å². The highest BCUT2D eigenvalue weighted by molar-refractivity contribution is 6.28. The van der Waals surface area contributed by atoms with Crippen molar-refractivity contribution in [1.82, 2.24) is 20.4 Å². The number of nitrogens with zero attached hydrogens (tertiary/aromatic N) is 2. The second kappa shape index (κ2) is 22.0. The highest BCUT2D eigenvalue weighted by atomic mass is 16.5. The number of likely N-dealkylation sites (tertiary alicyclic amines) is 2. The number of likely N-dealkylation sites (N-methyl/N-ethyl adjacent to an activating group) is 2. The first-order chi connectivity index (χ1) is 28.5. The zero-order chi connectivity index (χ0) is 44.0. The molecule has 2 saturated heterocycles. The maximum absolute atomic E-state index is 12.8. The minimum absolute atomic E-state index is 0.383. The number of carbonyl (C=O) groups is 4. The summed E-state index contributed by atoms with van der Waals surface area (Å²) < 4.78 is 0. The highest BCUT2D eigenvalue weighted by Gasteiger charge is 2.69. The monoisotopic (exact) mass is 822 g/mol. The minimum atomic E-state index is -3.96. The summed E-state index contributed by atoms with van der Waals surface area (Å²) in [4.78, 5) is 54.2. The summed E-state index contributed by atoms with van der Waals surface area (Å²) in [7, 11) is 4.15. The van der Waals surface area contributed by atoms with Gasteiger partial charge in [-0.25, -0.2) is 9.59 Å². The number of carbonyl (C=O) groups excluding carboxylic acids is 2. The quantitative estimate of drug-likeness (QED) is 0.0765. The van der Waals surface area contributed by atoms with Gasteiger partial charge >= 0.3 is 11.9 Å². The van der Waals surface area contributed by atoms with Crippen molar-refractivity contribution in [3.63, 3.8) is 0 Å². The minimum Gasteiger partial charge on any atom is -0.479 e. The van der Waals surface area contributed by atoms with Gasteiger partial charge in [-0.3, -0.25) is 19.4 Å². The van der Waals surface area contributed by atoms with Gasteiger partial charge in [-0.05, 0) is 76.8 Å². The number of hydrogen-bond acceptors (Lipinski definition) is 10. The first kappa shape index (κ1) is 47.6. The molecule has 6 atom stereocenters. The van der Waals surface area contributed by atoms with Crippen molar-refractivity contribution in [2.45, 2.75) is 76.9 Å². The summed E-state index contributed by atoms with van der Waals surface area (Å²) in [6.07, 6.45) is 2.61. The molecule has 0 saturated carbocycles. The zero-order valence-corrected chi connectivity index (χ0v) is 35.7. The Morgan fingerprint density at radius 2 is 0.883 bits per heavy atom. The molecule has 0 amide bonds. The maximum atomic E-state index is 12.8. The molecule has 6 rings (SSSR count). The topological polar surface area (TPSA) is 180 Å². The van der Waals surface area contributed by atoms with Crippen LogP contribution < -0.4 is 10.6 Å². The predicted molar refractivity (Wildman–Crippen MR) is 233 cm³/mol. The number of aliphatic carboxylic acids is 2. The van der Waals surface area contributed by atoms with E-state index >= 15 is 0 Å². The van der Waals surface area contributed by atoms with E-state index in [9.17, 15) is 39.6 Å². The largest absolute Gasteiger partial charge is 0.479 e. The van der Waals surface area contributed by atoms with E-state index < -0.39 is 34.7 Å². The number of Topliss-reactive ketones (excluding diaryl/α,β-unsaturated/α-hetero) is 2. The molecule has 2 unspecified atom stereocenters. The Hall–Kier alpha value is -5.08. The van der Waals surface area contributed by atoms with E-state index in [0.29, 0.717) is 23.2 Å². The van der Waals surface area contributed by atoms with Crippen LogP contribution in [0.4, 0.5) is 0 Å². The first-order valence-electron chi connectivity index (χ1n) is 20.6. The fourth-order valence-corrected chi connectivity index (χ4v) is 7.66. The Morgan fingerprint density at radius 3 is 1.17 bits per heavy atom. The fraction of sp³-hybridized carbons (Fsp3) is 0.417. The van der Waals surface area contributed by atoms with Gasteiger partial charge in [0.25, 0.3) is 11.2 Å². The van der Waals surface area contributed by atoms with E-state index in [1.807, 2.05) is 0 Å². The van der Waals surface area contributed by atoms with Gasteiger partial charge in [-0.2, -0.15) is 0 Å². The molecule has 12 nitrogen and oxygen atoms in total. The Kier molecular flexibility index (Phi) is 17.4. The molecule has 4 aromatic carbocycles. The van der Waals surface area contributed by atoms with Gasteiger partial charge in [0.05, 0.1) is 0 Å². The first-order valence-corrected chi connectivity index (χ1v) is 20.6. The van der Waals surface area contributed by atoms with Crippen LogP contribution in [0.3, 0.4) is 0 Å². The van der Waals surface area contributed by atoms with Crippen molar-refractivity contribution in [2.24, 2.45) is 11.8 Å². The van der Waals surface area contributed by atoms with Crippen LogP contribution >= 0.6 is 0 Å². The van der Waals surface area contributed by atoms with Crippen LogP contribution in [0.25, 0.3) is 0 Å². The second-order valence-electron chi connectivity index (χ2n) is 16.2. The number of ketones is 2. The third kappa shape index (κ3) is 11.8. The number of benzene rings is 4. The Bertz CT molecular complexity index is 1850. The van der Waals surface area contributed by atoms with Crippen molar-refractivity contribution >= 4 is 23.5 Å². The van der Waals surface area contributed by atoms with Gasteiger partial charge in [-0.15, -0.1) is 0 Å². The van der Waals surface area contributed by atoms with Crippen LogP contribution in [-0.2, 0) is 22.7 Å². The van der Waals surface area contributed by atoms with E-state index in [2.05, 4.69) is 109 Å². The molecule has 0 bridgehead atoms. The summed E-state index contributed by atoms with van der Waals surface area (Å²) in [6, 6.07) is 33.2. The summed E-state index contributed by atoms with van der Waals surface area (Å²) >= 11 is 0. The molecule has 0 aliphatic carbocycles. The van der Waals surface area contributed by atoms with E-state index in [1.54, 1.807) is 13.8 Å². The van der Waals surface area contributed by atoms with Crippen molar-refractivity contribution in [3.05, 3.63) is 143 Å². The van der Waals surface area contributed by atoms with Crippen molar-refractivity contribution in [1.29, 1.82) is 0 Å². The van der Waals surface area contributed by atoms with Gasteiger partial charge in [0.1, 0.15) is 0 Å². The third-order valence-corrected chi connectivity index (χ3v) is 11.8. The third-order valence-electron chi connectivity index (χ3n) is 11.8. The fourth-order valence-electron chi connectivity index (χ4n) is 7.66. The molecule has 2 heterocycles. The number of hydrogen-bond donors (Lipinski definition) is 6. The summed E-state index contributed by atoms with van der Waals surface area (Å²) in [5, 5.41) is 47.2.